The first-order chi connectivity index (χ1) is 17.2. The van der Waals surface area contributed by atoms with Gasteiger partial charge in [0.15, 0.2) is 0 Å². The van der Waals surface area contributed by atoms with Crippen LogP contribution in [0.4, 0.5) is 5.00 Å². The Bertz CT molecular complexity index is 1490. The summed E-state index contributed by atoms with van der Waals surface area (Å²) in [6.07, 6.45) is 1.85. The van der Waals surface area contributed by atoms with Crippen LogP contribution in [0.25, 0.3) is 22.2 Å². The molecule has 0 radical (unpaired) electrons. The summed E-state index contributed by atoms with van der Waals surface area (Å²) in [5.74, 6) is -1.63. The molecule has 0 atom stereocenters. The Kier molecular flexibility index (Phi) is 7.16. The number of esters is 2. The lowest BCUT2D eigenvalue weighted by Gasteiger charge is -2.11. The minimum Gasteiger partial charge on any atom is -0.462 e. The number of fused-ring (bicyclic) bond motifs is 1. The Hall–Kier alpha value is -4.05. The molecule has 1 aromatic carbocycles. The lowest BCUT2D eigenvalue weighted by atomic mass is 10.0. The number of aromatic nitrogens is 3. The number of para-hydroxylation sites is 1. The molecule has 0 aliphatic rings. The third-order valence-corrected chi connectivity index (χ3v) is 6.75. The van der Waals surface area contributed by atoms with Crippen molar-refractivity contribution in [2.45, 2.75) is 27.7 Å². The first-order valence-corrected chi connectivity index (χ1v) is 12.3. The van der Waals surface area contributed by atoms with E-state index in [-0.39, 0.29) is 28.7 Å². The molecule has 10 heteroatoms. The number of hydrogen-bond donors (Lipinski definition) is 1. The fourth-order valence-corrected chi connectivity index (χ4v) is 5.05. The fourth-order valence-electron chi connectivity index (χ4n) is 3.96. The van der Waals surface area contributed by atoms with Crippen LogP contribution in [-0.2, 0) is 16.5 Å². The van der Waals surface area contributed by atoms with Gasteiger partial charge in [0.1, 0.15) is 9.88 Å². The zero-order valence-corrected chi connectivity index (χ0v) is 21.5. The normalized spacial score (nSPS) is 10.9. The number of benzene rings is 1. The molecule has 0 spiro atoms. The van der Waals surface area contributed by atoms with Crippen LogP contribution in [0.15, 0.2) is 36.5 Å². The molecule has 4 rings (SSSR count). The van der Waals surface area contributed by atoms with Gasteiger partial charge < -0.3 is 14.8 Å². The molecule has 9 nitrogen and oxygen atoms in total. The van der Waals surface area contributed by atoms with Crippen molar-refractivity contribution in [1.29, 1.82) is 0 Å². The lowest BCUT2D eigenvalue weighted by molar-refractivity contribution is 0.0527. The van der Waals surface area contributed by atoms with Crippen molar-refractivity contribution in [2.75, 3.05) is 18.5 Å². The summed E-state index contributed by atoms with van der Waals surface area (Å²) >= 11 is 0.987. The van der Waals surface area contributed by atoms with Gasteiger partial charge >= 0.3 is 11.9 Å². The summed E-state index contributed by atoms with van der Waals surface area (Å²) in [5, 5.41) is 8.09. The van der Waals surface area contributed by atoms with E-state index in [9.17, 15) is 14.4 Å². The standard InChI is InChI=1S/C26H26N4O5S/c1-6-34-25(32)21-14(3)22(26(33)35-7-2)36-24(21)28-23(31)17-12-20(18-13-30(5)29-15(18)4)27-19-11-9-8-10-16(17)19/h8-13H,6-7H2,1-5H3,(H,28,31). The van der Waals surface area contributed by atoms with E-state index in [0.29, 0.717) is 27.7 Å². The van der Waals surface area contributed by atoms with Crippen LogP contribution in [0.1, 0.15) is 55.5 Å². The van der Waals surface area contributed by atoms with E-state index in [1.807, 2.05) is 44.4 Å². The van der Waals surface area contributed by atoms with Crippen molar-refractivity contribution in [3.05, 3.63) is 63.8 Å². The molecule has 4 aromatic rings. The number of carbonyl (C=O) groups is 3. The molecule has 1 amide bonds. The number of ether oxygens (including phenoxy) is 2. The highest BCUT2D eigenvalue weighted by molar-refractivity contribution is 7.18. The zero-order valence-electron chi connectivity index (χ0n) is 20.7. The van der Waals surface area contributed by atoms with E-state index in [1.165, 1.54) is 0 Å². The molecule has 0 aliphatic carbocycles. The van der Waals surface area contributed by atoms with Gasteiger partial charge in [0, 0.05) is 24.2 Å². The van der Waals surface area contributed by atoms with Crippen LogP contribution in [0, 0.1) is 13.8 Å². The maximum atomic E-state index is 13.6. The second-order valence-corrected chi connectivity index (χ2v) is 9.05. The topological polar surface area (TPSA) is 112 Å². The molecular formula is C26H26N4O5S. The average molecular weight is 507 g/mol. The number of amides is 1. The SMILES string of the molecule is CCOC(=O)c1sc(NC(=O)c2cc(-c3cn(C)nc3C)nc3ccccc23)c(C(=O)OCC)c1C. The van der Waals surface area contributed by atoms with E-state index >= 15 is 0 Å². The van der Waals surface area contributed by atoms with Gasteiger partial charge in [0.2, 0.25) is 0 Å². The highest BCUT2D eigenvalue weighted by Gasteiger charge is 2.28. The summed E-state index contributed by atoms with van der Waals surface area (Å²) in [7, 11) is 1.82. The van der Waals surface area contributed by atoms with Gasteiger partial charge in [0.25, 0.3) is 5.91 Å². The first kappa shape index (κ1) is 25.1. The molecule has 36 heavy (non-hydrogen) atoms. The summed E-state index contributed by atoms with van der Waals surface area (Å²) in [6, 6.07) is 9.03. The van der Waals surface area contributed by atoms with Gasteiger partial charge in [-0.3, -0.25) is 9.48 Å². The largest absolute Gasteiger partial charge is 0.462 e. The number of rotatable bonds is 7. The number of nitrogens with one attached hydrogen (secondary N) is 1. The van der Waals surface area contributed by atoms with Crippen molar-refractivity contribution in [1.82, 2.24) is 14.8 Å². The van der Waals surface area contributed by atoms with Gasteiger partial charge in [-0.05, 0) is 45.4 Å². The van der Waals surface area contributed by atoms with Gasteiger partial charge in [-0.15, -0.1) is 11.3 Å². The Morgan fingerprint density at radius 1 is 1.06 bits per heavy atom. The number of pyridine rings is 1. The van der Waals surface area contributed by atoms with Crippen LogP contribution in [0.2, 0.25) is 0 Å². The number of anilines is 1. The van der Waals surface area contributed by atoms with E-state index in [4.69, 9.17) is 14.5 Å². The number of hydrogen-bond acceptors (Lipinski definition) is 8. The van der Waals surface area contributed by atoms with Crippen molar-refractivity contribution < 1.29 is 23.9 Å². The number of carbonyl (C=O) groups excluding carboxylic acids is 3. The fraction of sp³-hybridized carbons (Fsp3) is 0.269. The van der Waals surface area contributed by atoms with Gasteiger partial charge in [-0.1, -0.05) is 18.2 Å². The number of nitrogens with zero attached hydrogens (tertiary/aromatic N) is 3. The number of aryl methyl sites for hydroxylation is 2. The third kappa shape index (κ3) is 4.72. The minimum atomic E-state index is -0.622. The summed E-state index contributed by atoms with van der Waals surface area (Å²) in [6.45, 7) is 7.24. The third-order valence-electron chi connectivity index (χ3n) is 5.56. The highest BCUT2D eigenvalue weighted by atomic mass is 32.1. The second kappa shape index (κ2) is 10.3. The lowest BCUT2D eigenvalue weighted by Crippen LogP contribution is -2.15. The molecule has 3 heterocycles. The molecule has 1 N–H and O–H groups in total. The van der Waals surface area contributed by atoms with E-state index in [1.54, 1.807) is 31.5 Å². The Balaban J connectivity index is 1.81. The molecule has 3 aromatic heterocycles. The minimum absolute atomic E-state index is 0.139. The van der Waals surface area contributed by atoms with E-state index < -0.39 is 17.8 Å². The van der Waals surface area contributed by atoms with Gasteiger partial charge in [-0.25, -0.2) is 14.6 Å². The van der Waals surface area contributed by atoms with E-state index in [2.05, 4.69) is 10.4 Å². The average Bonchev–Trinajstić information content (AvgIpc) is 3.36. The quantitative estimate of drug-likeness (QED) is 0.354. The van der Waals surface area contributed by atoms with Crippen LogP contribution >= 0.6 is 11.3 Å². The smallest absolute Gasteiger partial charge is 0.348 e. The zero-order chi connectivity index (χ0) is 26.0. The highest BCUT2D eigenvalue weighted by Crippen LogP contribution is 2.35. The van der Waals surface area contributed by atoms with Gasteiger partial charge in [-0.2, -0.15) is 5.10 Å². The number of thiophene rings is 1. The van der Waals surface area contributed by atoms with Crippen molar-refractivity contribution in [2.24, 2.45) is 7.05 Å². The summed E-state index contributed by atoms with van der Waals surface area (Å²) in [4.78, 5) is 43.8. The first-order valence-electron chi connectivity index (χ1n) is 11.4. The monoisotopic (exact) mass is 506 g/mol. The molecule has 0 unspecified atom stereocenters. The maximum Gasteiger partial charge on any atom is 0.348 e. The molecule has 0 aliphatic heterocycles. The molecule has 0 saturated carbocycles. The molecular weight excluding hydrogens is 480 g/mol. The second-order valence-electron chi connectivity index (χ2n) is 8.03. The predicted octanol–water partition coefficient (Wildman–Crippen LogP) is 4.92. The predicted molar refractivity (Wildman–Crippen MR) is 138 cm³/mol. The van der Waals surface area contributed by atoms with Crippen LogP contribution in [0.5, 0.6) is 0 Å². The van der Waals surface area contributed by atoms with Crippen LogP contribution < -0.4 is 5.32 Å². The summed E-state index contributed by atoms with van der Waals surface area (Å²) < 4.78 is 12.0. The molecule has 186 valence electrons. The molecule has 0 fully saturated rings. The van der Waals surface area contributed by atoms with Crippen LogP contribution in [-0.4, -0.2) is 45.8 Å². The Morgan fingerprint density at radius 2 is 1.75 bits per heavy atom. The molecule has 0 saturated heterocycles. The van der Waals surface area contributed by atoms with Gasteiger partial charge in [0.05, 0.1) is 41.2 Å². The maximum absolute atomic E-state index is 13.6. The Morgan fingerprint density at radius 3 is 2.42 bits per heavy atom. The van der Waals surface area contributed by atoms with Crippen LogP contribution in [0.3, 0.4) is 0 Å². The van der Waals surface area contributed by atoms with Crippen molar-refractivity contribution >= 4 is 45.1 Å². The molecule has 0 bridgehead atoms. The van der Waals surface area contributed by atoms with E-state index in [0.717, 1.165) is 22.6 Å². The summed E-state index contributed by atoms with van der Waals surface area (Å²) in [5.41, 5.74) is 3.74. The Labute approximate surface area is 212 Å². The van der Waals surface area contributed by atoms with Crippen molar-refractivity contribution in [3.63, 3.8) is 0 Å². The van der Waals surface area contributed by atoms with Crippen molar-refractivity contribution in [3.8, 4) is 11.3 Å².